The summed E-state index contributed by atoms with van der Waals surface area (Å²) in [5, 5.41) is 9.62. The number of alkyl halides is 3. The molecule has 5 rings (SSSR count). The van der Waals surface area contributed by atoms with Gasteiger partial charge in [0.15, 0.2) is 0 Å². The number of aryl methyl sites for hydroxylation is 1. The summed E-state index contributed by atoms with van der Waals surface area (Å²) in [6.07, 6.45) is -0.298. The molecule has 2 aliphatic carbocycles. The number of halogens is 3. The lowest BCUT2D eigenvalue weighted by molar-refractivity contribution is -0.141. The van der Waals surface area contributed by atoms with Gasteiger partial charge in [0.05, 0.1) is 12.0 Å². The first-order chi connectivity index (χ1) is 18.8. The zero-order valence-corrected chi connectivity index (χ0v) is 23.1. The number of benzene rings is 2. The number of pyridine rings is 1. The van der Waals surface area contributed by atoms with E-state index in [-0.39, 0.29) is 23.4 Å². The number of carbonyl (C=O) groups is 1. The number of methoxy groups -OCH3 is 1. The number of aliphatic carboxylic acids is 1. The summed E-state index contributed by atoms with van der Waals surface area (Å²) in [7, 11) is 1.60. The average Bonchev–Trinajstić information content (AvgIpc) is 3.62. The van der Waals surface area contributed by atoms with Crippen molar-refractivity contribution in [2.24, 2.45) is 11.3 Å². The fourth-order valence-electron chi connectivity index (χ4n) is 6.31. The van der Waals surface area contributed by atoms with Crippen LogP contribution in [0.2, 0.25) is 0 Å². The third-order valence-electron chi connectivity index (χ3n) is 8.25. The predicted molar refractivity (Wildman–Crippen MR) is 145 cm³/mol. The monoisotopic (exact) mass is 553 g/mol. The van der Waals surface area contributed by atoms with Crippen LogP contribution < -0.4 is 4.74 Å². The normalized spacial score (nSPS) is 21.1. The molecule has 1 aromatic heterocycles. The van der Waals surface area contributed by atoms with Crippen LogP contribution in [0, 0.1) is 11.3 Å². The van der Waals surface area contributed by atoms with Crippen molar-refractivity contribution in [1.29, 1.82) is 0 Å². The SMILES string of the molecule is CO[C@@H](c1cc(COc2ccc3c(c2)[C@@]2(CCC3)C[C@@H]2C(=O)O)ccc1-c1ccnc(C(F)(F)F)c1)C(C)(C)C. The number of ether oxygens (including phenoxy) is 2. The summed E-state index contributed by atoms with van der Waals surface area (Å²) in [6, 6.07) is 14.2. The van der Waals surface area contributed by atoms with Gasteiger partial charge in [-0.1, -0.05) is 39.0 Å². The van der Waals surface area contributed by atoms with Crippen LogP contribution in [0.3, 0.4) is 0 Å². The van der Waals surface area contributed by atoms with E-state index in [9.17, 15) is 23.1 Å². The molecule has 212 valence electrons. The summed E-state index contributed by atoms with van der Waals surface area (Å²) in [5.74, 6) is -0.411. The van der Waals surface area contributed by atoms with Crippen LogP contribution in [-0.4, -0.2) is 23.2 Å². The summed E-state index contributed by atoms with van der Waals surface area (Å²) >= 11 is 0. The first-order valence-electron chi connectivity index (χ1n) is 13.5. The fraction of sp³-hybridized carbons (Fsp3) is 0.438. The molecular weight excluding hydrogens is 519 g/mol. The Morgan fingerprint density at radius 2 is 1.90 bits per heavy atom. The van der Waals surface area contributed by atoms with E-state index in [4.69, 9.17) is 9.47 Å². The maximum atomic E-state index is 13.4. The number of rotatable bonds is 7. The Hall–Kier alpha value is -3.39. The van der Waals surface area contributed by atoms with Gasteiger partial charge in [0.2, 0.25) is 0 Å². The lowest BCUT2D eigenvalue weighted by Gasteiger charge is -2.32. The average molecular weight is 554 g/mol. The standard InChI is InChI=1S/C32H34F3NO4/c1-30(2,3)28(39-4)24-14-19(7-10-23(24)21-11-13-36-27(15-21)32(33,34)35)18-40-22-9-8-20-6-5-12-31(25(20)16-22)17-26(31)29(37)38/h7-11,13-16,26,28H,5-6,12,17-18H2,1-4H3,(H,37,38)/t26-,28+,31-/m1/s1. The summed E-state index contributed by atoms with van der Waals surface area (Å²) in [5.41, 5.74) is 3.38. The van der Waals surface area contributed by atoms with Crippen LogP contribution in [0.1, 0.15) is 74.1 Å². The molecule has 1 fully saturated rings. The summed E-state index contributed by atoms with van der Waals surface area (Å²) in [4.78, 5) is 15.2. The van der Waals surface area contributed by atoms with Gasteiger partial charge in [0.1, 0.15) is 18.1 Å². The number of carboxylic acids is 1. The molecule has 1 spiro atoms. The molecular formula is C32H34F3NO4. The Morgan fingerprint density at radius 3 is 2.55 bits per heavy atom. The number of fused-ring (bicyclic) bond motifs is 2. The van der Waals surface area contributed by atoms with Crippen molar-refractivity contribution in [2.75, 3.05) is 7.11 Å². The summed E-state index contributed by atoms with van der Waals surface area (Å²) in [6.45, 7) is 6.30. The van der Waals surface area contributed by atoms with Gasteiger partial charge in [0.25, 0.3) is 0 Å². The highest BCUT2D eigenvalue weighted by molar-refractivity contribution is 5.78. The van der Waals surface area contributed by atoms with E-state index in [0.29, 0.717) is 23.3 Å². The van der Waals surface area contributed by atoms with Crippen LogP contribution in [-0.2, 0) is 34.2 Å². The number of hydrogen-bond donors (Lipinski definition) is 1. The third kappa shape index (κ3) is 5.33. The van der Waals surface area contributed by atoms with Gasteiger partial charge in [-0.2, -0.15) is 13.2 Å². The van der Waals surface area contributed by atoms with Crippen LogP contribution in [0.4, 0.5) is 13.2 Å². The van der Waals surface area contributed by atoms with Crippen LogP contribution in [0.5, 0.6) is 5.75 Å². The minimum absolute atomic E-state index is 0.242. The van der Waals surface area contributed by atoms with Gasteiger partial charge in [0, 0.05) is 18.7 Å². The molecule has 2 aromatic carbocycles. The quantitative estimate of drug-likeness (QED) is 0.324. The Labute approximate surface area is 232 Å². The first-order valence-corrected chi connectivity index (χ1v) is 13.5. The van der Waals surface area contributed by atoms with E-state index in [0.717, 1.165) is 42.0 Å². The molecule has 1 saturated carbocycles. The molecule has 0 radical (unpaired) electrons. The van der Waals surface area contributed by atoms with Gasteiger partial charge >= 0.3 is 12.1 Å². The highest BCUT2D eigenvalue weighted by Gasteiger charge is 2.60. The van der Waals surface area contributed by atoms with Gasteiger partial charge in [-0.25, -0.2) is 0 Å². The molecule has 1 heterocycles. The highest BCUT2D eigenvalue weighted by Crippen LogP contribution is 2.60. The molecule has 5 nitrogen and oxygen atoms in total. The molecule has 0 aliphatic heterocycles. The minimum atomic E-state index is -4.55. The molecule has 3 aromatic rings. The largest absolute Gasteiger partial charge is 0.489 e. The first kappa shape index (κ1) is 28.1. The molecule has 1 N–H and O–H groups in total. The molecule has 0 saturated heterocycles. The van der Waals surface area contributed by atoms with Crippen LogP contribution in [0.25, 0.3) is 11.1 Å². The third-order valence-corrected chi connectivity index (χ3v) is 8.25. The number of carboxylic acid groups (broad SMARTS) is 1. The Balaban J connectivity index is 1.45. The van der Waals surface area contributed by atoms with Gasteiger partial charge in [-0.15, -0.1) is 0 Å². The smallest absolute Gasteiger partial charge is 0.433 e. The Bertz CT molecular complexity index is 1430. The second-order valence-corrected chi connectivity index (χ2v) is 12.0. The number of hydrogen-bond acceptors (Lipinski definition) is 4. The van der Waals surface area contributed by atoms with Gasteiger partial charge < -0.3 is 14.6 Å². The van der Waals surface area contributed by atoms with E-state index in [1.54, 1.807) is 13.2 Å². The zero-order valence-electron chi connectivity index (χ0n) is 23.1. The maximum Gasteiger partial charge on any atom is 0.433 e. The maximum absolute atomic E-state index is 13.4. The van der Waals surface area contributed by atoms with Crippen molar-refractivity contribution in [3.8, 4) is 16.9 Å². The van der Waals surface area contributed by atoms with Gasteiger partial charge in [-0.3, -0.25) is 9.78 Å². The molecule has 0 amide bonds. The number of aromatic nitrogens is 1. The topological polar surface area (TPSA) is 68.7 Å². The van der Waals surface area contributed by atoms with Crippen LogP contribution in [0.15, 0.2) is 54.7 Å². The van der Waals surface area contributed by atoms with E-state index >= 15 is 0 Å². The Kier molecular flexibility index (Phi) is 7.19. The van der Waals surface area contributed by atoms with Crippen molar-refractivity contribution in [3.63, 3.8) is 0 Å². The molecule has 8 heteroatoms. The summed E-state index contributed by atoms with van der Waals surface area (Å²) < 4.78 is 52.3. The lowest BCUT2D eigenvalue weighted by atomic mass is 9.78. The number of nitrogens with zero attached hydrogens (tertiary/aromatic N) is 1. The zero-order chi connectivity index (χ0) is 28.9. The Morgan fingerprint density at radius 1 is 1.12 bits per heavy atom. The molecule has 2 aliphatic rings. The second kappa shape index (κ2) is 10.2. The minimum Gasteiger partial charge on any atom is -0.489 e. The van der Waals surface area contributed by atoms with E-state index < -0.39 is 23.9 Å². The fourth-order valence-corrected chi connectivity index (χ4v) is 6.31. The van der Waals surface area contributed by atoms with E-state index in [1.165, 1.54) is 11.8 Å². The van der Waals surface area contributed by atoms with Crippen molar-refractivity contribution < 1.29 is 32.5 Å². The second-order valence-electron chi connectivity index (χ2n) is 12.0. The van der Waals surface area contributed by atoms with Crippen molar-refractivity contribution >= 4 is 5.97 Å². The molecule has 40 heavy (non-hydrogen) atoms. The van der Waals surface area contributed by atoms with Crippen molar-refractivity contribution in [3.05, 3.63) is 82.7 Å². The van der Waals surface area contributed by atoms with Gasteiger partial charge in [-0.05, 0) is 94.8 Å². The van der Waals surface area contributed by atoms with Crippen molar-refractivity contribution in [2.45, 2.75) is 70.8 Å². The van der Waals surface area contributed by atoms with Crippen LogP contribution >= 0.6 is 0 Å². The molecule has 0 bridgehead atoms. The van der Waals surface area contributed by atoms with E-state index in [1.807, 2.05) is 57.2 Å². The highest BCUT2D eigenvalue weighted by atomic mass is 19.4. The van der Waals surface area contributed by atoms with E-state index in [2.05, 4.69) is 4.98 Å². The van der Waals surface area contributed by atoms with Crippen molar-refractivity contribution in [1.82, 2.24) is 4.98 Å². The lowest BCUT2D eigenvalue weighted by Crippen LogP contribution is -2.21. The molecule has 0 unspecified atom stereocenters. The molecule has 3 atom stereocenters. The predicted octanol–water partition coefficient (Wildman–Crippen LogP) is 7.76.